The Hall–Kier alpha value is -1.17. The smallest absolute Gasteiger partial charge is 0.337 e. The minimum absolute atomic E-state index is 0.0304. The highest BCUT2D eigenvalue weighted by Gasteiger charge is 2.19. The van der Waals surface area contributed by atoms with Crippen molar-refractivity contribution in [2.75, 3.05) is 5.88 Å². The van der Waals surface area contributed by atoms with Gasteiger partial charge in [-0.25, -0.2) is 4.79 Å². The number of hydrogen-bond acceptors (Lipinski definition) is 4. The summed E-state index contributed by atoms with van der Waals surface area (Å²) in [7, 11) is 0. The number of carboxylic acid groups (broad SMARTS) is 1. The summed E-state index contributed by atoms with van der Waals surface area (Å²) in [6.45, 7) is 0. The zero-order chi connectivity index (χ0) is 12.1. The van der Waals surface area contributed by atoms with Crippen molar-refractivity contribution in [2.45, 2.75) is 18.6 Å². The molecule has 0 saturated heterocycles. The van der Waals surface area contributed by atoms with Crippen LogP contribution in [0.4, 0.5) is 0 Å². The van der Waals surface area contributed by atoms with E-state index in [1.165, 1.54) is 12.1 Å². The van der Waals surface area contributed by atoms with Crippen LogP contribution in [0.25, 0.3) is 0 Å². The molecule has 6 heteroatoms. The molecule has 0 spiro atoms. The van der Waals surface area contributed by atoms with Crippen molar-refractivity contribution >= 4 is 17.6 Å². The monoisotopic (exact) mass is 245 g/mol. The Morgan fingerprint density at radius 3 is 2.56 bits per heavy atom. The van der Waals surface area contributed by atoms with Crippen LogP contribution >= 0.6 is 11.6 Å². The van der Waals surface area contributed by atoms with Gasteiger partial charge in [-0.1, -0.05) is 0 Å². The number of carbonyl (C=O) groups is 1. The molecular weight excluding hydrogens is 234 g/mol. The number of aliphatic hydroxyl groups excluding tert-OH is 2. The summed E-state index contributed by atoms with van der Waals surface area (Å²) in [5.74, 6) is -0.860. The first kappa shape index (κ1) is 12.9. The van der Waals surface area contributed by atoms with E-state index >= 15 is 0 Å². The van der Waals surface area contributed by atoms with Crippen LogP contribution in [0.2, 0.25) is 0 Å². The summed E-state index contributed by atoms with van der Waals surface area (Å²) in [5.41, 5.74) is 0.255. The molecule has 1 aromatic heterocycles. The van der Waals surface area contributed by atoms with Crippen LogP contribution in [0.1, 0.15) is 28.6 Å². The second-order valence-corrected chi connectivity index (χ2v) is 3.64. The fraction of sp³-hybridized carbons (Fsp3) is 0.400. The average Bonchev–Trinajstić information content (AvgIpc) is 2.28. The van der Waals surface area contributed by atoms with E-state index in [-0.39, 0.29) is 23.6 Å². The third-order valence-corrected chi connectivity index (χ3v) is 2.32. The molecule has 0 aliphatic rings. The number of nitrogens with zero attached hydrogens (tertiary/aromatic N) is 1. The van der Waals surface area contributed by atoms with Gasteiger partial charge in [-0.3, -0.25) is 4.98 Å². The molecule has 0 bridgehead atoms. The molecule has 0 fully saturated rings. The molecule has 0 amide bonds. The van der Waals surface area contributed by atoms with Gasteiger partial charge in [-0.2, -0.15) is 0 Å². The summed E-state index contributed by atoms with van der Waals surface area (Å²) in [5, 5.41) is 27.7. The first-order chi connectivity index (χ1) is 7.56. The molecule has 16 heavy (non-hydrogen) atoms. The highest BCUT2D eigenvalue weighted by Crippen LogP contribution is 2.17. The van der Waals surface area contributed by atoms with Gasteiger partial charge in [0.15, 0.2) is 0 Å². The second kappa shape index (κ2) is 5.79. The SMILES string of the molecule is O=C(O)c1ccc(C(O)C(O)CCCl)nc1. The third kappa shape index (κ3) is 3.16. The number of hydrogen-bond donors (Lipinski definition) is 3. The maximum absolute atomic E-state index is 10.5. The lowest BCUT2D eigenvalue weighted by Crippen LogP contribution is -2.19. The molecule has 2 unspecified atom stereocenters. The zero-order valence-corrected chi connectivity index (χ0v) is 9.13. The van der Waals surface area contributed by atoms with E-state index in [1.54, 1.807) is 0 Å². The molecule has 0 saturated carbocycles. The molecule has 0 aliphatic heterocycles. The molecule has 5 nitrogen and oxygen atoms in total. The lowest BCUT2D eigenvalue weighted by atomic mass is 10.1. The Morgan fingerprint density at radius 2 is 2.12 bits per heavy atom. The molecule has 1 aromatic rings. The fourth-order valence-electron chi connectivity index (χ4n) is 1.17. The number of aliphatic hydroxyl groups is 2. The minimum Gasteiger partial charge on any atom is -0.478 e. The van der Waals surface area contributed by atoms with Gasteiger partial charge in [0.2, 0.25) is 0 Å². The summed E-state index contributed by atoms with van der Waals surface area (Å²) < 4.78 is 0. The normalized spacial score (nSPS) is 14.4. The van der Waals surface area contributed by atoms with Crippen molar-refractivity contribution in [1.82, 2.24) is 4.98 Å². The van der Waals surface area contributed by atoms with Crippen LogP contribution in [-0.4, -0.2) is 38.3 Å². The number of alkyl halides is 1. The third-order valence-electron chi connectivity index (χ3n) is 2.11. The number of pyridine rings is 1. The van der Waals surface area contributed by atoms with E-state index < -0.39 is 18.2 Å². The lowest BCUT2D eigenvalue weighted by Gasteiger charge is -2.16. The van der Waals surface area contributed by atoms with Crippen molar-refractivity contribution in [3.05, 3.63) is 29.6 Å². The van der Waals surface area contributed by atoms with Crippen molar-refractivity contribution in [2.24, 2.45) is 0 Å². The van der Waals surface area contributed by atoms with Gasteiger partial charge in [0.1, 0.15) is 6.10 Å². The topological polar surface area (TPSA) is 90.7 Å². The second-order valence-electron chi connectivity index (χ2n) is 3.27. The Labute approximate surface area is 97.3 Å². The Bertz CT molecular complexity index is 354. The first-order valence-electron chi connectivity index (χ1n) is 4.67. The Balaban J connectivity index is 2.77. The summed E-state index contributed by atoms with van der Waals surface area (Å²) in [6.07, 6.45) is -0.776. The number of rotatable bonds is 5. The van der Waals surface area contributed by atoms with Crippen molar-refractivity contribution in [3.63, 3.8) is 0 Å². The van der Waals surface area contributed by atoms with Crippen LogP contribution in [0.15, 0.2) is 18.3 Å². The van der Waals surface area contributed by atoms with Crippen molar-refractivity contribution < 1.29 is 20.1 Å². The molecule has 0 aromatic carbocycles. The van der Waals surface area contributed by atoms with Crippen LogP contribution in [0, 0.1) is 0 Å². The molecule has 3 N–H and O–H groups in total. The highest BCUT2D eigenvalue weighted by atomic mass is 35.5. The van der Waals surface area contributed by atoms with Gasteiger partial charge in [0, 0.05) is 12.1 Å². The number of aromatic carboxylic acids is 1. The minimum atomic E-state index is -1.15. The van der Waals surface area contributed by atoms with E-state index in [0.29, 0.717) is 0 Å². The molecule has 1 rings (SSSR count). The standard InChI is InChI=1S/C10H12ClNO4/c11-4-3-8(13)9(14)7-2-1-6(5-12-7)10(15)16/h1-2,5,8-9,13-14H,3-4H2,(H,15,16). The quantitative estimate of drug-likeness (QED) is 0.668. The molecule has 0 aliphatic carbocycles. The van der Waals surface area contributed by atoms with E-state index in [9.17, 15) is 15.0 Å². The number of carboxylic acids is 1. The van der Waals surface area contributed by atoms with Gasteiger partial charge >= 0.3 is 5.97 Å². The van der Waals surface area contributed by atoms with Crippen molar-refractivity contribution in [1.29, 1.82) is 0 Å². The maximum atomic E-state index is 10.5. The van der Waals surface area contributed by atoms with Crippen LogP contribution < -0.4 is 0 Å². The number of halogens is 1. The molecule has 2 atom stereocenters. The number of aromatic nitrogens is 1. The van der Waals surface area contributed by atoms with E-state index in [4.69, 9.17) is 16.7 Å². The Morgan fingerprint density at radius 1 is 1.44 bits per heavy atom. The fourth-order valence-corrected chi connectivity index (χ4v) is 1.40. The van der Waals surface area contributed by atoms with Gasteiger partial charge in [-0.05, 0) is 18.6 Å². The van der Waals surface area contributed by atoms with Crippen LogP contribution in [0.5, 0.6) is 0 Å². The van der Waals surface area contributed by atoms with Crippen molar-refractivity contribution in [3.8, 4) is 0 Å². The van der Waals surface area contributed by atoms with Gasteiger partial charge in [0.05, 0.1) is 17.4 Å². The highest BCUT2D eigenvalue weighted by molar-refractivity contribution is 6.17. The summed E-state index contributed by atoms with van der Waals surface area (Å²) in [6, 6.07) is 2.69. The molecular formula is C10H12ClNO4. The molecule has 88 valence electrons. The first-order valence-corrected chi connectivity index (χ1v) is 5.21. The van der Waals surface area contributed by atoms with Gasteiger partial charge < -0.3 is 15.3 Å². The zero-order valence-electron chi connectivity index (χ0n) is 8.38. The van der Waals surface area contributed by atoms with Gasteiger partial charge in [0.25, 0.3) is 0 Å². The Kier molecular flexibility index (Phi) is 4.67. The van der Waals surface area contributed by atoms with E-state index in [1.807, 2.05) is 0 Å². The van der Waals surface area contributed by atoms with Crippen LogP contribution in [0.3, 0.4) is 0 Å². The molecule has 0 radical (unpaired) electrons. The predicted molar refractivity (Wildman–Crippen MR) is 57.5 cm³/mol. The molecule has 1 heterocycles. The van der Waals surface area contributed by atoms with Gasteiger partial charge in [-0.15, -0.1) is 11.6 Å². The van der Waals surface area contributed by atoms with Crippen LogP contribution in [-0.2, 0) is 0 Å². The van der Waals surface area contributed by atoms with E-state index in [0.717, 1.165) is 6.20 Å². The largest absolute Gasteiger partial charge is 0.478 e. The van der Waals surface area contributed by atoms with E-state index in [2.05, 4.69) is 4.98 Å². The summed E-state index contributed by atoms with van der Waals surface area (Å²) in [4.78, 5) is 14.3. The predicted octanol–water partition coefficient (Wildman–Crippen LogP) is 0.803. The maximum Gasteiger partial charge on any atom is 0.337 e. The average molecular weight is 246 g/mol. The lowest BCUT2D eigenvalue weighted by molar-refractivity contribution is 0.0144. The summed E-state index contributed by atoms with van der Waals surface area (Å²) >= 11 is 5.43.